The van der Waals surface area contributed by atoms with Gasteiger partial charge in [-0.1, -0.05) is 17.2 Å². The fourth-order valence-electron chi connectivity index (χ4n) is 3.56. The molecule has 18 nitrogen and oxygen atoms in total. The van der Waals surface area contributed by atoms with Crippen molar-refractivity contribution in [2.75, 3.05) is 112 Å². The van der Waals surface area contributed by atoms with Gasteiger partial charge in [0, 0.05) is 19.5 Å². The number of hydrogen-bond acceptors (Lipinski definition) is 14. The van der Waals surface area contributed by atoms with E-state index in [1.54, 1.807) is 24.3 Å². The van der Waals surface area contributed by atoms with Crippen LogP contribution in [0.15, 0.2) is 30.3 Å². The second kappa shape index (κ2) is 27.2. The smallest absolute Gasteiger partial charge is 0.343 e. The molecule has 0 atom stereocenters. The first-order valence-corrected chi connectivity index (χ1v) is 15.6. The van der Waals surface area contributed by atoms with Crippen molar-refractivity contribution < 1.29 is 57.5 Å². The Morgan fingerprint density at radius 1 is 0.688 bits per heavy atom. The van der Waals surface area contributed by atoms with Crippen LogP contribution < -0.4 is 10.6 Å². The number of ether oxygens (including phenoxy) is 8. The van der Waals surface area contributed by atoms with E-state index in [-0.39, 0.29) is 42.7 Å². The van der Waals surface area contributed by atoms with Crippen molar-refractivity contribution in [3.63, 3.8) is 0 Å². The molecule has 0 saturated heterocycles. The number of carbonyl (C=O) groups excluding carboxylic acids is 2. The highest BCUT2D eigenvalue weighted by molar-refractivity contribution is 5.92. The molecule has 0 aliphatic carbocycles. The summed E-state index contributed by atoms with van der Waals surface area (Å²) >= 11 is 0. The predicted octanol–water partition coefficient (Wildman–Crippen LogP) is 0.593. The zero-order valence-electron chi connectivity index (χ0n) is 27.1. The van der Waals surface area contributed by atoms with Gasteiger partial charge in [-0.25, -0.2) is 0 Å². The monoisotopic (exact) mass is 685 g/mol. The zero-order valence-corrected chi connectivity index (χ0v) is 27.1. The van der Waals surface area contributed by atoms with E-state index >= 15 is 0 Å². The highest BCUT2D eigenvalue weighted by Gasteiger charge is 2.15. The fourth-order valence-corrected chi connectivity index (χ4v) is 3.56. The topological polar surface area (TPSA) is 224 Å². The lowest BCUT2D eigenvalue weighted by Crippen LogP contribution is -2.28. The van der Waals surface area contributed by atoms with E-state index in [1.807, 2.05) is 0 Å². The van der Waals surface area contributed by atoms with Crippen molar-refractivity contribution in [1.82, 2.24) is 20.8 Å². The average molecular weight is 686 g/mol. The molecule has 0 spiro atoms. The summed E-state index contributed by atoms with van der Waals surface area (Å²) in [5.41, 5.74) is 0.844. The molecule has 48 heavy (non-hydrogen) atoms. The predicted molar refractivity (Wildman–Crippen MR) is 169 cm³/mol. The van der Waals surface area contributed by atoms with E-state index in [1.165, 1.54) is 0 Å². The van der Waals surface area contributed by atoms with Crippen LogP contribution in [0.4, 0.5) is 5.82 Å². The number of H-pyrrole nitrogens is 1. The molecule has 0 radical (unpaired) electrons. The minimum atomic E-state index is -0.665. The van der Waals surface area contributed by atoms with Crippen molar-refractivity contribution in [3.05, 3.63) is 51.7 Å². The molecule has 0 aliphatic rings. The second-order valence-corrected chi connectivity index (χ2v) is 9.74. The van der Waals surface area contributed by atoms with Crippen LogP contribution in [0.25, 0.3) is 0 Å². The number of phenolic OH excluding ortho intramolecular Hbond substituents is 1. The van der Waals surface area contributed by atoms with E-state index in [0.717, 1.165) is 11.6 Å². The van der Waals surface area contributed by atoms with Gasteiger partial charge in [0.1, 0.15) is 5.75 Å². The van der Waals surface area contributed by atoms with Crippen molar-refractivity contribution in [2.45, 2.75) is 13.0 Å². The summed E-state index contributed by atoms with van der Waals surface area (Å²) in [6.07, 6.45) is 0.261. The Balaban J connectivity index is 1.20. The van der Waals surface area contributed by atoms with Crippen molar-refractivity contribution >= 4 is 17.6 Å². The maximum atomic E-state index is 11.8. The summed E-state index contributed by atoms with van der Waals surface area (Å²) in [5.74, 6) is -0.798. The van der Waals surface area contributed by atoms with Crippen LogP contribution in [-0.4, -0.2) is 144 Å². The van der Waals surface area contributed by atoms with Gasteiger partial charge in [-0.05, 0) is 22.6 Å². The third-order valence-electron chi connectivity index (χ3n) is 6.03. The normalized spacial score (nSPS) is 11.1. The number of nitrogens with one attached hydrogen (secondary N) is 3. The van der Waals surface area contributed by atoms with E-state index in [4.69, 9.17) is 37.9 Å². The molecule has 1 heterocycles. The Hall–Kier alpha value is -3.75. The van der Waals surface area contributed by atoms with Crippen molar-refractivity contribution in [1.29, 1.82) is 0 Å². The van der Waals surface area contributed by atoms with Gasteiger partial charge in [0.25, 0.3) is 5.91 Å². The molecule has 0 bridgehead atoms. The number of rotatable bonds is 31. The first-order chi connectivity index (χ1) is 23.5. The third-order valence-corrected chi connectivity index (χ3v) is 6.03. The van der Waals surface area contributed by atoms with Crippen molar-refractivity contribution in [3.8, 4) is 5.75 Å². The quantitative estimate of drug-likeness (QED) is 0.0485. The molecule has 2 rings (SSSR count). The minimum Gasteiger partial charge on any atom is -0.508 e. The van der Waals surface area contributed by atoms with Gasteiger partial charge in [0.15, 0.2) is 5.69 Å². The van der Waals surface area contributed by atoms with E-state index in [2.05, 4.69) is 20.8 Å². The number of phenols is 1. The Labute approximate surface area is 278 Å². The number of nitrogens with zero attached hydrogens (tertiary/aromatic N) is 2. The number of aromatic amines is 1. The number of hydrogen-bond donors (Lipinski definition) is 4. The molecular weight excluding hydrogens is 638 g/mol. The fraction of sp³-hybridized carbons (Fsp3) is 0.633. The average Bonchev–Trinajstić information content (AvgIpc) is 3.59. The molecular formula is C30H47N5O13. The molecule has 0 unspecified atom stereocenters. The van der Waals surface area contributed by atoms with Gasteiger partial charge in [0.2, 0.25) is 5.91 Å². The van der Waals surface area contributed by atoms with E-state index < -0.39 is 10.8 Å². The van der Waals surface area contributed by atoms with Gasteiger partial charge in [-0.3, -0.25) is 9.59 Å². The van der Waals surface area contributed by atoms with Gasteiger partial charge in [-0.15, -0.1) is 5.10 Å². The lowest BCUT2D eigenvalue weighted by molar-refractivity contribution is -0.389. The Kier molecular flexibility index (Phi) is 22.9. The largest absolute Gasteiger partial charge is 0.508 e. The highest BCUT2D eigenvalue weighted by atomic mass is 16.6. The molecule has 1 aromatic carbocycles. The van der Waals surface area contributed by atoms with Crippen LogP contribution in [0.1, 0.15) is 22.5 Å². The summed E-state index contributed by atoms with van der Waals surface area (Å²) < 4.78 is 43.3. The van der Waals surface area contributed by atoms with Crippen LogP contribution in [0.3, 0.4) is 0 Å². The Bertz CT molecular complexity index is 1140. The molecule has 18 heteroatoms. The summed E-state index contributed by atoms with van der Waals surface area (Å²) in [4.78, 5) is 33.6. The zero-order chi connectivity index (χ0) is 34.5. The number of benzene rings is 1. The van der Waals surface area contributed by atoms with Crippen molar-refractivity contribution in [2.24, 2.45) is 0 Å². The highest BCUT2D eigenvalue weighted by Crippen LogP contribution is 2.09. The molecule has 4 N–H and O–H groups in total. The number of amides is 2. The number of nitro groups is 1. The van der Waals surface area contributed by atoms with Crippen LogP contribution in [0, 0.1) is 10.1 Å². The first-order valence-electron chi connectivity index (χ1n) is 15.6. The van der Waals surface area contributed by atoms with E-state index in [9.17, 15) is 24.8 Å². The van der Waals surface area contributed by atoms with Crippen LogP contribution in [0.5, 0.6) is 5.75 Å². The molecule has 270 valence electrons. The first kappa shape index (κ1) is 40.4. The SMILES string of the molecule is O=C(CCOCCOCCOCCOCCOCCOCCOCCOCCNC(=O)c1cc([N+](=O)[O-])[nH]n1)NCc1ccc(O)cc1. The Morgan fingerprint density at radius 2 is 1.12 bits per heavy atom. The summed E-state index contributed by atoms with van der Waals surface area (Å²) in [5, 5.41) is 31.0. The van der Waals surface area contributed by atoms with Gasteiger partial charge in [-0.2, -0.15) is 0 Å². The number of aromatic nitrogens is 2. The minimum absolute atomic E-state index is 0.0641. The molecule has 0 saturated carbocycles. The van der Waals surface area contributed by atoms with Gasteiger partial charge in [0.05, 0.1) is 112 Å². The molecule has 2 amide bonds. The lowest BCUT2D eigenvalue weighted by atomic mass is 10.2. The summed E-state index contributed by atoms with van der Waals surface area (Å²) in [7, 11) is 0. The maximum absolute atomic E-state index is 11.8. The molecule has 0 fully saturated rings. The van der Waals surface area contributed by atoms with E-state index in [0.29, 0.717) is 106 Å². The lowest BCUT2D eigenvalue weighted by Gasteiger charge is -2.09. The standard InChI is InChI=1S/C30H47N5O13/c36-26-3-1-25(2-4-26)24-32-29(37)5-7-41-9-11-43-13-15-45-17-19-47-21-22-48-20-18-46-16-14-44-12-10-42-8-6-31-30(38)27-23-28(34-33-27)35(39)40/h1-4,23,36H,5-22,24H2,(H,31,38)(H,32,37)(H,33,34). The summed E-state index contributed by atoms with van der Waals surface area (Å²) in [6, 6.07) is 7.72. The summed E-state index contributed by atoms with van der Waals surface area (Å²) in [6.45, 7) is 7.09. The van der Waals surface area contributed by atoms with Crippen LogP contribution >= 0.6 is 0 Å². The molecule has 2 aromatic rings. The third kappa shape index (κ3) is 21.2. The Morgan fingerprint density at radius 3 is 1.56 bits per heavy atom. The number of carbonyl (C=O) groups is 2. The van der Waals surface area contributed by atoms with Gasteiger partial charge >= 0.3 is 5.82 Å². The second-order valence-electron chi connectivity index (χ2n) is 9.74. The maximum Gasteiger partial charge on any atom is 0.343 e. The van der Waals surface area contributed by atoms with Crippen LogP contribution in [-0.2, 0) is 49.2 Å². The molecule has 0 aliphatic heterocycles. The van der Waals surface area contributed by atoms with Crippen LogP contribution in [0.2, 0.25) is 0 Å². The van der Waals surface area contributed by atoms with Gasteiger partial charge < -0.3 is 63.7 Å². The number of aromatic hydroxyl groups is 1. The molecule has 1 aromatic heterocycles.